The topological polar surface area (TPSA) is 46.5 Å². The van der Waals surface area contributed by atoms with Gasteiger partial charge < -0.3 is 9.84 Å². The smallest absolute Gasteiger partial charge is 0.339 e. The lowest BCUT2D eigenvalue weighted by Crippen LogP contribution is -2.24. The Morgan fingerprint density at radius 1 is 1.05 bits per heavy atom. The number of hydrogen-bond donors (Lipinski definition) is 1. The molecule has 0 aliphatic carbocycles. The van der Waals surface area contributed by atoms with Gasteiger partial charge in [-0.3, -0.25) is 0 Å². The van der Waals surface area contributed by atoms with Crippen molar-refractivity contribution >= 4 is 5.97 Å². The average molecular weight is 284 g/mol. The van der Waals surface area contributed by atoms with E-state index in [1.54, 1.807) is 6.07 Å². The van der Waals surface area contributed by atoms with Crippen LogP contribution in [-0.2, 0) is 11.3 Å². The molecule has 0 unspecified atom stereocenters. The van der Waals surface area contributed by atoms with Crippen LogP contribution in [-0.4, -0.2) is 16.7 Å². The molecular weight excluding hydrogens is 264 g/mol. The number of esters is 1. The van der Waals surface area contributed by atoms with Gasteiger partial charge in [0.05, 0.1) is 12.2 Å². The Morgan fingerprint density at radius 2 is 1.67 bits per heavy atom. The van der Waals surface area contributed by atoms with Crippen LogP contribution in [0.15, 0.2) is 48.5 Å². The van der Waals surface area contributed by atoms with Crippen LogP contribution in [0.4, 0.5) is 0 Å². The molecule has 0 bridgehead atoms. The molecule has 0 heterocycles. The van der Waals surface area contributed by atoms with Crippen LogP contribution in [0.2, 0.25) is 0 Å². The van der Waals surface area contributed by atoms with Crippen molar-refractivity contribution in [2.45, 2.75) is 33.0 Å². The van der Waals surface area contributed by atoms with Crippen LogP contribution in [0.3, 0.4) is 0 Å². The van der Waals surface area contributed by atoms with Gasteiger partial charge in [-0.25, -0.2) is 4.79 Å². The molecule has 0 fully saturated rings. The van der Waals surface area contributed by atoms with E-state index in [9.17, 15) is 4.79 Å². The molecular formula is C18H20O3. The van der Waals surface area contributed by atoms with Gasteiger partial charge in [-0.15, -0.1) is 0 Å². The molecule has 110 valence electrons. The highest BCUT2D eigenvalue weighted by Gasteiger charge is 2.20. The zero-order valence-electron chi connectivity index (χ0n) is 12.6. The molecule has 0 atom stereocenters. The minimum Gasteiger partial charge on any atom is -0.456 e. The zero-order valence-corrected chi connectivity index (χ0v) is 12.6. The number of aliphatic hydroxyl groups is 1. The molecule has 2 aromatic carbocycles. The fourth-order valence-electron chi connectivity index (χ4n) is 2.04. The Hall–Kier alpha value is -2.13. The van der Waals surface area contributed by atoms with Gasteiger partial charge in [0, 0.05) is 0 Å². The fraction of sp³-hybridized carbons (Fsp3) is 0.278. The Kier molecular flexibility index (Phi) is 4.43. The number of carbonyl (C=O) groups excluding carboxylic acids is 1. The zero-order chi connectivity index (χ0) is 15.5. The van der Waals surface area contributed by atoms with Gasteiger partial charge in [0.25, 0.3) is 0 Å². The predicted molar refractivity (Wildman–Crippen MR) is 83.0 cm³/mol. The first-order valence-electron chi connectivity index (χ1n) is 6.93. The van der Waals surface area contributed by atoms with E-state index in [-0.39, 0.29) is 12.6 Å². The molecule has 2 aromatic rings. The summed E-state index contributed by atoms with van der Waals surface area (Å²) in [5.74, 6) is -0.329. The Bertz CT molecular complexity index is 622. The maximum absolute atomic E-state index is 12.3. The lowest BCUT2D eigenvalue weighted by molar-refractivity contribution is 0.00705. The summed E-state index contributed by atoms with van der Waals surface area (Å²) in [5.41, 5.74) is 2.62. The Morgan fingerprint density at radius 3 is 2.24 bits per heavy atom. The summed E-state index contributed by atoms with van der Waals surface area (Å²) in [6, 6.07) is 14.9. The highest BCUT2D eigenvalue weighted by molar-refractivity contribution is 5.97. The van der Waals surface area contributed by atoms with Gasteiger partial charge in [0.1, 0.15) is 5.60 Å². The van der Waals surface area contributed by atoms with Gasteiger partial charge in [0.2, 0.25) is 0 Å². The van der Waals surface area contributed by atoms with Crippen LogP contribution in [0.1, 0.15) is 36.7 Å². The van der Waals surface area contributed by atoms with Gasteiger partial charge in [-0.2, -0.15) is 0 Å². The van der Waals surface area contributed by atoms with E-state index in [0.717, 1.165) is 16.7 Å². The van der Waals surface area contributed by atoms with Gasteiger partial charge in [0.15, 0.2) is 0 Å². The third-order valence-corrected chi connectivity index (χ3v) is 2.99. The first-order valence-corrected chi connectivity index (χ1v) is 6.93. The third-order valence-electron chi connectivity index (χ3n) is 2.99. The Labute approximate surface area is 125 Å². The van der Waals surface area contributed by atoms with E-state index in [4.69, 9.17) is 9.84 Å². The molecule has 1 N–H and O–H groups in total. The van der Waals surface area contributed by atoms with Crippen molar-refractivity contribution in [1.82, 2.24) is 0 Å². The van der Waals surface area contributed by atoms with Gasteiger partial charge in [-0.1, -0.05) is 42.5 Å². The van der Waals surface area contributed by atoms with E-state index in [1.807, 2.05) is 63.2 Å². The average Bonchev–Trinajstić information content (AvgIpc) is 2.45. The molecule has 0 radical (unpaired) electrons. The highest BCUT2D eigenvalue weighted by Crippen LogP contribution is 2.26. The summed E-state index contributed by atoms with van der Waals surface area (Å²) >= 11 is 0. The van der Waals surface area contributed by atoms with Gasteiger partial charge in [-0.05, 0) is 43.5 Å². The minimum atomic E-state index is -0.523. The second-order valence-electron chi connectivity index (χ2n) is 5.90. The van der Waals surface area contributed by atoms with Crippen molar-refractivity contribution in [2.24, 2.45) is 0 Å². The van der Waals surface area contributed by atoms with Crippen molar-refractivity contribution in [2.75, 3.05) is 0 Å². The number of rotatable bonds is 3. The summed E-state index contributed by atoms with van der Waals surface area (Å²) in [6.45, 7) is 5.56. The van der Waals surface area contributed by atoms with E-state index in [1.165, 1.54) is 0 Å². The van der Waals surface area contributed by atoms with E-state index < -0.39 is 5.60 Å². The Balaban J connectivity index is 2.38. The fourth-order valence-corrected chi connectivity index (χ4v) is 2.04. The van der Waals surface area contributed by atoms with Gasteiger partial charge >= 0.3 is 5.97 Å². The monoisotopic (exact) mass is 284 g/mol. The molecule has 0 aliphatic rings. The molecule has 3 nitrogen and oxygen atoms in total. The summed E-state index contributed by atoms with van der Waals surface area (Å²) in [4.78, 5) is 12.3. The number of carbonyl (C=O) groups is 1. The summed E-state index contributed by atoms with van der Waals surface area (Å²) < 4.78 is 5.45. The summed E-state index contributed by atoms with van der Waals surface area (Å²) in [5, 5.41) is 9.10. The molecule has 3 heteroatoms. The second-order valence-corrected chi connectivity index (χ2v) is 5.90. The van der Waals surface area contributed by atoms with Crippen molar-refractivity contribution in [3.8, 4) is 11.1 Å². The SMILES string of the molecule is CC(C)(C)OC(=O)c1ccccc1-c1ccc(CO)cc1. The maximum Gasteiger partial charge on any atom is 0.339 e. The van der Waals surface area contributed by atoms with E-state index in [0.29, 0.717) is 5.56 Å². The first-order chi connectivity index (χ1) is 9.90. The molecule has 0 amide bonds. The number of hydrogen-bond acceptors (Lipinski definition) is 3. The lowest BCUT2D eigenvalue weighted by atomic mass is 9.98. The molecule has 0 saturated carbocycles. The van der Waals surface area contributed by atoms with Crippen molar-refractivity contribution in [3.63, 3.8) is 0 Å². The van der Waals surface area contributed by atoms with E-state index >= 15 is 0 Å². The van der Waals surface area contributed by atoms with Crippen molar-refractivity contribution in [1.29, 1.82) is 0 Å². The van der Waals surface area contributed by atoms with Crippen LogP contribution < -0.4 is 0 Å². The van der Waals surface area contributed by atoms with Crippen molar-refractivity contribution < 1.29 is 14.6 Å². The largest absolute Gasteiger partial charge is 0.456 e. The molecule has 2 rings (SSSR count). The highest BCUT2D eigenvalue weighted by atomic mass is 16.6. The predicted octanol–water partition coefficient (Wildman–Crippen LogP) is 3.80. The number of benzene rings is 2. The molecule has 0 spiro atoms. The second kappa shape index (κ2) is 6.10. The first kappa shape index (κ1) is 15.3. The number of ether oxygens (including phenoxy) is 1. The van der Waals surface area contributed by atoms with Crippen LogP contribution in [0, 0.1) is 0 Å². The van der Waals surface area contributed by atoms with Crippen LogP contribution in [0.25, 0.3) is 11.1 Å². The van der Waals surface area contributed by atoms with Crippen molar-refractivity contribution in [3.05, 3.63) is 59.7 Å². The number of aliphatic hydroxyl groups excluding tert-OH is 1. The quantitative estimate of drug-likeness (QED) is 0.872. The molecule has 21 heavy (non-hydrogen) atoms. The van der Waals surface area contributed by atoms with E-state index in [2.05, 4.69) is 0 Å². The minimum absolute atomic E-state index is 0.00793. The standard InChI is InChI=1S/C18H20O3/c1-18(2,3)21-17(20)16-7-5-4-6-15(16)14-10-8-13(12-19)9-11-14/h4-11,19H,12H2,1-3H3. The third kappa shape index (κ3) is 3.92. The summed E-state index contributed by atoms with van der Waals surface area (Å²) in [6.07, 6.45) is 0. The normalized spacial score (nSPS) is 11.2. The maximum atomic E-state index is 12.3. The molecule has 0 saturated heterocycles. The van der Waals surface area contributed by atoms with Crippen LogP contribution in [0.5, 0.6) is 0 Å². The lowest BCUT2D eigenvalue weighted by Gasteiger charge is -2.20. The molecule has 0 aliphatic heterocycles. The molecule has 0 aromatic heterocycles. The van der Waals surface area contributed by atoms with Crippen LogP contribution >= 0.6 is 0 Å². The summed E-state index contributed by atoms with van der Waals surface area (Å²) in [7, 11) is 0.